The van der Waals surface area contributed by atoms with Crippen molar-refractivity contribution in [3.8, 4) is 0 Å². The molecular formula is C10H21IN2S. The Morgan fingerprint density at radius 2 is 1.79 bits per heavy atom. The summed E-state index contributed by atoms with van der Waals surface area (Å²) in [5.74, 6) is 0. The fourth-order valence-electron chi connectivity index (χ4n) is 1.43. The van der Waals surface area contributed by atoms with Gasteiger partial charge in [0.15, 0.2) is 5.17 Å². The Balaban J connectivity index is 0.00000169. The van der Waals surface area contributed by atoms with Crippen LogP contribution in [0.4, 0.5) is 0 Å². The van der Waals surface area contributed by atoms with Crippen LogP contribution in [-0.4, -0.2) is 22.5 Å². The van der Waals surface area contributed by atoms with E-state index in [-0.39, 0.29) is 35.1 Å². The van der Waals surface area contributed by atoms with Crippen molar-refractivity contribution >= 4 is 40.9 Å². The average Bonchev–Trinajstić information content (AvgIpc) is 2.08. The van der Waals surface area contributed by atoms with Gasteiger partial charge < -0.3 is 5.32 Å². The maximum atomic E-state index is 4.69. The third-order valence-corrected chi connectivity index (χ3v) is 2.98. The summed E-state index contributed by atoms with van der Waals surface area (Å²) in [5, 5.41) is 4.55. The van der Waals surface area contributed by atoms with E-state index in [1.165, 1.54) is 6.42 Å². The van der Waals surface area contributed by atoms with Crippen LogP contribution >= 0.6 is 35.7 Å². The van der Waals surface area contributed by atoms with Crippen LogP contribution in [0.3, 0.4) is 0 Å². The van der Waals surface area contributed by atoms with E-state index < -0.39 is 0 Å². The minimum Gasteiger partial charge on any atom is -0.360 e. The van der Waals surface area contributed by atoms with Crippen LogP contribution in [0.1, 0.15) is 40.5 Å². The number of hydrogen-bond acceptors (Lipinski definition) is 3. The van der Waals surface area contributed by atoms with E-state index in [1.54, 1.807) is 11.8 Å². The summed E-state index contributed by atoms with van der Waals surface area (Å²) in [6, 6.07) is 0. The van der Waals surface area contributed by atoms with Crippen molar-refractivity contribution in [1.82, 2.24) is 5.32 Å². The predicted molar refractivity (Wildman–Crippen MR) is 76.9 cm³/mol. The third-order valence-electron chi connectivity index (χ3n) is 2.40. The molecular weight excluding hydrogens is 307 g/mol. The van der Waals surface area contributed by atoms with Crippen LogP contribution in [0.2, 0.25) is 0 Å². The molecule has 14 heavy (non-hydrogen) atoms. The van der Waals surface area contributed by atoms with E-state index in [1.807, 2.05) is 0 Å². The molecule has 0 saturated carbocycles. The number of hydrogen-bond donors (Lipinski definition) is 1. The predicted octanol–water partition coefficient (Wildman–Crippen LogP) is 3.26. The zero-order valence-corrected chi connectivity index (χ0v) is 12.8. The van der Waals surface area contributed by atoms with Crippen molar-refractivity contribution in [2.45, 2.75) is 51.6 Å². The van der Waals surface area contributed by atoms with E-state index in [0.29, 0.717) is 0 Å². The Morgan fingerprint density at radius 3 is 2.29 bits per heavy atom. The van der Waals surface area contributed by atoms with Crippen molar-refractivity contribution in [2.75, 3.05) is 6.26 Å². The Morgan fingerprint density at radius 1 is 1.21 bits per heavy atom. The smallest absolute Gasteiger partial charge is 0.157 e. The molecule has 0 aromatic heterocycles. The molecule has 0 bridgehead atoms. The summed E-state index contributed by atoms with van der Waals surface area (Å²) in [7, 11) is 0. The van der Waals surface area contributed by atoms with Crippen molar-refractivity contribution in [3.05, 3.63) is 0 Å². The summed E-state index contributed by atoms with van der Waals surface area (Å²) in [5.41, 5.74) is 0.286. The van der Waals surface area contributed by atoms with Gasteiger partial charge in [-0.25, -0.2) is 0 Å². The molecule has 1 heterocycles. The Labute approximate surface area is 109 Å². The number of aliphatic imine (C=N–C) groups is 1. The highest BCUT2D eigenvalue weighted by Gasteiger charge is 2.28. The van der Waals surface area contributed by atoms with Gasteiger partial charge in [0.1, 0.15) is 0 Å². The van der Waals surface area contributed by atoms with Crippen LogP contribution in [0.5, 0.6) is 0 Å². The largest absolute Gasteiger partial charge is 0.360 e. The third kappa shape index (κ3) is 4.38. The summed E-state index contributed by atoms with van der Waals surface area (Å²) >= 11 is 1.70. The first kappa shape index (κ1) is 14.6. The fraction of sp³-hybridized carbons (Fsp3) is 0.900. The SMILES string of the molecule is CSC1=NC(C)(C)CCC(C)(C)N1.I. The van der Waals surface area contributed by atoms with Gasteiger partial charge in [-0.05, 0) is 46.8 Å². The van der Waals surface area contributed by atoms with Crippen molar-refractivity contribution in [2.24, 2.45) is 4.99 Å². The lowest BCUT2D eigenvalue weighted by Gasteiger charge is -2.25. The quantitative estimate of drug-likeness (QED) is 0.690. The highest BCUT2D eigenvalue weighted by molar-refractivity contribution is 14.0. The average molecular weight is 328 g/mol. The van der Waals surface area contributed by atoms with Gasteiger partial charge in [-0.2, -0.15) is 0 Å². The van der Waals surface area contributed by atoms with Crippen molar-refractivity contribution in [1.29, 1.82) is 0 Å². The van der Waals surface area contributed by atoms with Gasteiger partial charge >= 0.3 is 0 Å². The zero-order valence-electron chi connectivity index (χ0n) is 9.68. The minimum absolute atomic E-state index is 0. The lowest BCUT2D eigenvalue weighted by molar-refractivity contribution is 0.374. The second kappa shape index (κ2) is 5.05. The molecule has 0 saturated heterocycles. The number of nitrogens with one attached hydrogen (secondary N) is 1. The van der Waals surface area contributed by atoms with Crippen molar-refractivity contribution in [3.63, 3.8) is 0 Å². The molecule has 2 nitrogen and oxygen atoms in total. The van der Waals surface area contributed by atoms with Gasteiger partial charge in [-0.3, -0.25) is 4.99 Å². The van der Waals surface area contributed by atoms with Crippen LogP contribution in [0, 0.1) is 0 Å². The van der Waals surface area contributed by atoms with E-state index in [0.717, 1.165) is 11.6 Å². The molecule has 0 aromatic rings. The van der Waals surface area contributed by atoms with Gasteiger partial charge in [0.2, 0.25) is 0 Å². The van der Waals surface area contributed by atoms with Crippen LogP contribution in [0.15, 0.2) is 4.99 Å². The van der Waals surface area contributed by atoms with E-state index in [2.05, 4.69) is 39.3 Å². The van der Waals surface area contributed by atoms with Gasteiger partial charge in [-0.1, -0.05) is 11.8 Å². The summed E-state index contributed by atoms with van der Waals surface area (Å²) < 4.78 is 0. The van der Waals surface area contributed by atoms with Gasteiger partial charge in [0, 0.05) is 5.54 Å². The Kier molecular flexibility index (Phi) is 5.25. The zero-order chi connectivity index (χ0) is 10.1. The van der Waals surface area contributed by atoms with Gasteiger partial charge in [0.25, 0.3) is 0 Å². The standard InChI is InChI=1S/C10H20N2S.HI/c1-9(2)6-7-10(3,4)12-8(11-9)13-5;/h6-7H2,1-5H3,(H,11,12);1H. The van der Waals surface area contributed by atoms with Crippen molar-refractivity contribution < 1.29 is 0 Å². The Hall–Kier alpha value is 0.550. The van der Waals surface area contributed by atoms with E-state index >= 15 is 0 Å². The monoisotopic (exact) mass is 328 g/mol. The molecule has 1 N–H and O–H groups in total. The highest BCUT2D eigenvalue weighted by Crippen LogP contribution is 2.27. The molecule has 1 rings (SSSR count). The number of thioether (sulfide) groups is 1. The topological polar surface area (TPSA) is 24.4 Å². The lowest BCUT2D eigenvalue weighted by atomic mass is 9.91. The first-order valence-corrected chi connectivity index (χ1v) is 5.99. The van der Waals surface area contributed by atoms with Gasteiger partial charge in [-0.15, -0.1) is 24.0 Å². The molecule has 0 radical (unpaired) electrons. The normalized spacial score (nSPS) is 23.9. The maximum Gasteiger partial charge on any atom is 0.157 e. The molecule has 0 aliphatic carbocycles. The number of nitrogens with zero attached hydrogens (tertiary/aromatic N) is 1. The molecule has 0 amide bonds. The second-order valence-electron chi connectivity index (χ2n) is 4.94. The fourth-order valence-corrected chi connectivity index (χ4v) is 2.14. The van der Waals surface area contributed by atoms with Crippen LogP contribution < -0.4 is 5.32 Å². The number of rotatable bonds is 0. The number of amidine groups is 1. The van der Waals surface area contributed by atoms with E-state index in [9.17, 15) is 0 Å². The Bertz CT molecular complexity index is 224. The molecule has 0 fully saturated rings. The molecule has 1 aliphatic heterocycles. The maximum absolute atomic E-state index is 4.69. The molecule has 0 atom stereocenters. The first-order valence-electron chi connectivity index (χ1n) is 4.77. The first-order chi connectivity index (χ1) is 5.85. The molecule has 0 spiro atoms. The number of halogens is 1. The molecule has 0 unspecified atom stereocenters. The summed E-state index contributed by atoms with van der Waals surface area (Å²) in [4.78, 5) is 4.69. The second-order valence-corrected chi connectivity index (χ2v) is 5.74. The van der Waals surface area contributed by atoms with Crippen LogP contribution in [0.25, 0.3) is 0 Å². The minimum atomic E-state index is 0. The molecule has 4 heteroatoms. The summed E-state index contributed by atoms with van der Waals surface area (Å²) in [6.45, 7) is 8.87. The summed E-state index contributed by atoms with van der Waals surface area (Å²) in [6.07, 6.45) is 4.40. The molecule has 1 aliphatic rings. The molecule has 84 valence electrons. The van der Waals surface area contributed by atoms with Crippen LogP contribution in [-0.2, 0) is 0 Å². The molecule has 0 aromatic carbocycles. The lowest BCUT2D eigenvalue weighted by Crippen LogP contribution is -2.40. The highest BCUT2D eigenvalue weighted by atomic mass is 127. The van der Waals surface area contributed by atoms with Gasteiger partial charge in [0.05, 0.1) is 5.54 Å². The van der Waals surface area contributed by atoms with E-state index in [4.69, 9.17) is 4.99 Å².